The van der Waals surface area contributed by atoms with Crippen LogP contribution in [0.3, 0.4) is 0 Å². The average Bonchev–Trinajstić information content (AvgIpc) is 2.53. The Balaban J connectivity index is 2.83. The monoisotopic (exact) mass is 260 g/mol. The summed E-state index contributed by atoms with van der Waals surface area (Å²) < 4.78 is 3.28. The van der Waals surface area contributed by atoms with Crippen molar-refractivity contribution in [2.24, 2.45) is 0 Å². The number of nitrogens with zero attached hydrogens (tertiary/aromatic N) is 1. The summed E-state index contributed by atoms with van der Waals surface area (Å²) in [6.07, 6.45) is 0.877. The maximum Gasteiger partial charge on any atom is 0.272 e. The number of halogens is 1. The van der Waals surface area contributed by atoms with Gasteiger partial charge in [0.1, 0.15) is 4.70 Å². The fourth-order valence-corrected chi connectivity index (χ4v) is 2.85. The Morgan fingerprint density at radius 1 is 1.67 bits per heavy atom. The molecule has 0 unspecified atom stereocenters. The van der Waals surface area contributed by atoms with Gasteiger partial charge in [-0.25, -0.2) is 0 Å². The average molecular weight is 261 g/mol. The zero-order valence-corrected chi connectivity index (χ0v) is 10.4. The first-order valence-corrected chi connectivity index (χ1v) is 6.16. The lowest BCUT2D eigenvalue weighted by atomic mass is 10.4. The Labute approximate surface area is 100 Å². The van der Waals surface area contributed by atoms with Crippen LogP contribution in [0.15, 0.2) is 10.9 Å². The second-order valence-electron chi connectivity index (χ2n) is 3.18. The van der Waals surface area contributed by atoms with E-state index in [-0.39, 0.29) is 5.56 Å². The molecule has 0 bridgehead atoms. The number of nitrogens with one attached hydrogen (secondary N) is 1. The second kappa shape index (κ2) is 4.08. The molecule has 0 aliphatic carbocycles. The maximum atomic E-state index is 12.0. The summed E-state index contributed by atoms with van der Waals surface area (Å²) in [6, 6.07) is 1.73. The molecule has 80 valence electrons. The fourth-order valence-electron chi connectivity index (χ4n) is 1.44. The number of aromatic nitrogens is 2. The van der Waals surface area contributed by atoms with Crippen molar-refractivity contribution in [3.8, 4) is 0 Å². The van der Waals surface area contributed by atoms with Crippen LogP contribution in [0, 0.1) is 4.77 Å². The summed E-state index contributed by atoms with van der Waals surface area (Å²) in [7, 11) is 0. The highest BCUT2D eigenvalue weighted by molar-refractivity contribution is 7.71. The number of aromatic amines is 1. The molecule has 2 aromatic heterocycles. The number of hydrogen-bond donors (Lipinski definition) is 1. The van der Waals surface area contributed by atoms with Gasteiger partial charge in [-0.1, -0.05) is 18.5 Å². The number of thiophene rings is 1. The standard InChI is InChI=1S/C9H9ClN2OS2/c1-2-3-12-8(13)7-5(11-9(12)14)4-6(10)15-7/h4H,2-3H2,1H3,(H,11,14). The molecule has 15 heavy (non-hydrogen) atoms. The van der Waals surface area contributed by atoms with Crippen LogP contribution >= 0.6 is 35.2 Å². The van der Waals surface area contributed by atoms with Crippen molar-refractivity contribution < 1.29 is 0 Å². The molecule has 0 aliphatic rings. The molecule has 0 aliphatic heterocycles. The SMILES string of the molecule is CCCn1c(=S)[nH]c2cc(Cl)sc2c1=O. The van der Waals surface area contributed by atoms with E-state index in [1.54, 1.807) is 10.6 Å². The van der Waals surface area contributed by atoms with Crippen molar-refractivity contribution in [3.05, 3.63) is 25.5 Å². The molecule has 0 aromatic carbocycles. The molecule has 2 aromatic rings. The van der Waals surface area contributed by atoms with E-state index in [4.69, 9.17) is 23.8 Å². The molecule has 0 amide bonds. The van der Waals surface area contributed by atoms with Crippen LogP contribution < -0.4 is 5.56 Å². The summed E-state index contributed by atoms with van der Waals surface area (Å²) in [5.41, 5.74) is 0.680. The topological polar surface area (TPSA) is 37.8 Å². The van der Waals surface area contributed by atoms with Gasteiger partial charge in [-0.15, -0.1) is 11.3 Å². The van der Waals surface area contributed by atoms with Crippen molar-refractivity contribution in [1.29, 1.82) is 0 Å². The van der Waals surface area contributed by atoms with Crippen LogP contribution in [-0.4, -0.2) is 9.55 Å². The first-order valence-electron chi connectivity index (χ1n) is 4.55. The summed E-state index contributed by atoms with van der Waals surface area (Å²) in [5, 5.41) is 0. The summed E-state index contributed by atoms with van der Waals surface area (Å²) in [6.45, 7) is 2.65. The van der Waals surface area contributed by atoms with Crippen LogP contribution in [0.4, 0.5) is 0 Å². The van der Waals surface area contributed by atoms with E-state index < -0.39 is 0 Å². The predicted octanol–water partition coefficient (Wildman–Crippen LogP) is 3.18. The van der Waals surface area contributed by atoms with Gasteiger partial charge in [0, 0.05) is 6.54 Å². The summed E-state index contributed by atoms with van der Waals surface area (Å²) >= 11 is 12.2. The predicted molar refractivity (Wildman–Crippen MR) is 66.6 cm³/mol. The minimum atomic E-state index is -0.0486. The molecule has 0 saturated carbocycles. The molecule has 0 spiro atoms. The van der Waals surface area contributed by atoms with Crippen LogP contribution in [-0.2, 0) is 6.54 Å². The van der Waals surface area contributed by atoms with Crippen LogP contribution in [0.1, 0.15) is 13.3 Å². The minimum Gasteiger partial charge on any atom is -0.331 e. The largest absolute Gasteiger partial charge is 0.331 e. The minimum absolute atomic E-state index is 0.0486. The van der Waals surface area contributed by atoms with E-state index in [0.29, 0.717) is 20.4 Å². The molecule has 3 nitrogen and oxygen atoms in total. The van der Waals surface area contributed by atoms with Gasteiger partial charge < -0.3 is 4.98 Å². The van der Waals surface area contributed by atoms with Crippen molar-refractivity contribution in [2.45, 2.75) is 19.9 Å². The smallest absolute Gasteiger partial charge is 0.272 e. The molecular weight excluding hydrogens is 252 g/mol. The lowest BCUT2D eigenvalue weighted by Gasteiger charge is -2.03. The van der Waals surface area contributed by atoms with E-state index in [1.165, 1.54) is 11.3 Å². The van der Waals surface area contributed by atoms with Gasteiger partial charge in [0.25, 0.3) is 5.56 Å². The fraction of sp³-hybridized carbons (Fsp3) is 0.333. The summed E-state index contributed by atoms with van der Waals surface area (Å²) in [5.74, 6) is 0. The number of hydrogen-bond acceptors (Lipinski definition) is 3. The highest BCUT2D eigenvalue weighted by Gasteiger charge is 2.08. The maximum absolute atomic E-state index is 12.0. The molecule has 0 fully saturated rings. The van der Waals surface area contributed by atoms with Gasteiger partial charge in [0.2, 0.25) is 0 Å². The zero-order valence-electron chi connectivity index (χ0n) is 8.04. The van der Waals surface area contributed by atoms with E-state index in [0.717, 1.165) is 11.9 Å². The Bertz CT molecular complexity index is 611. The van der Waals surface area contributed by atoms with Crippen LogP contribution in [0.2, 0.25) is 4.34 Å². The second-order valence-corrected chi connectivity index (χ2v) is 5.25. The van der Waals surface area contributed by atoms with E-state index in [1.807, 2.05) is 6.92 Å². The van der Waals surface area contributed by atoms with Gasteiger partial charge >= 0.3 is 0 Å². The van der Waals surface area contributed by atoms with E-state index in [2.05, 4.69) is 4.98 Å². The molecule has 0 saturated heterocycles. The molecule has 2 heterocycles. The lowest BCUT2D eigenvalue weighted by Crippen LogP contribution is -2.20. The van der Waals surface area contributed by atoms with Crippen LogP contribution in [0.5, 0.6) is 0 Å². The van der Waals surface area contributed by atoms with Gasteiger partial charge in [-0.3, -0.25) is 9.36 Å². The van der Waals surface area contributed by atoms with Crippen molar-refractivity contribution >= 4 is 45.4 Å². The quantitative estimate of drug-likeness (QED) is 0.842. The number of H-pyrrole nitrogens is 1. The Kier molecular flexibility index (Phi) is 2.95. The third-order valence-corrected chi connectivity index (χ3v) is 3.65. The molecule has 0 radical (unpaired) electrons. The highest BCUT2D eigenvalue weighted by Crippen LogP contribution is 2.25. The zero-order chi connectivity index (χ0) is 11.0. The van der Waals surface area contributed by atoms with Gasteiger partial charge in [-0.05, 0) is 24.7 Å². The van der Waals surface area contributed by atoms with Crippen molar-refractivity contribution in [3.63, 3.8) is 0 Å². The third kappa shape index (κ3) is 1.87. The normalized spacial score (nSPS) is 11.1. The molecular formula is C9H9ClN2OS2. The Morgan fingerprint density at radius 2 is 2.40 bits per heavy atom. The molecule has 2 rings (SSSR count). The van der Waals surface area contributed by atoms with Crippen molar-refractivity contribution in [1.82, 2.24) is 9.55 Å². The number of rotatable bonds is 2. The number of fused-ring (bicyclic) bond motifs is 1. The molecule has 6 heteroatoms. The van der Waals surface area contributed by atoms with E-state index in [9.17, 15) is 4.79 Å². The third-order valence-electron chi connectivity index (χ3n) is 2.08. The summed E-state index contributed by atoms with van der Waals surface area (Å²) in [4.78, 5) is 15.0. The van der Waals surface area contributed by atoms with Gasteiger partial charge in [0.15, 0.2) is 4.77 Å². The lowest BCUT2D eigenvalue weighted by molar-refractivity contribution is 0.639. The first-order chi connectivity index (χ1) is 7.13. The first kappa shape index (κ1) is 10.9. The van der Waals surface area contributed by atoms with Gasteiger partial charge in [-0.2, -0.15) is 0 Å². The van der Waals surface area contributed by atoms with Crippen LogP contribution in [0.25, 0.3) is 10.2 Å². The Morgan fingerprint density at radius 3 is 3.07 bits per heavy atom. The van der Waals surface area contributed by atoms with E-state index >= 15 is 0 Å². The highest BCUT2D eigenvalue weighted by atomic mass is 35.5. The van der Waals surface area contributed by atoms with Crippen molar-refractivity contribution in [2.75, 3.05) is 0 Å². The Hall–Kier alpha value is -0.650. The van der Waals surface area contributed by atoms with Gasteiger partial charge in [0.05, 0.1) is 9.85 Å². The molecule has 1 N–H and O–H groups in total. The molecule has 0 atom stereocenters.